The maximum Gasteiger partial charge on any atom is 0.322 e. The van der Waals surface area contributed by atoms with Gasteiger partial charge in [-0.3, -0.25) is 29.8 Å². The van der Waals surface area contributed by atoms with Gasteiger partial charge in [0.15, 0.2) is 0 Å². The molecule has 4 N–H and O–H groups in total. The van der Waals surface area contributed by atoms with Crippen molar-refractivity contribution in [2.24, 2.45) is 0 Å². The van der Waals surface area contributed by atoms with Crippen molar-refractivity contribution in [2.45, 2.75) is 46.6 Å². The van der Waals surface area contributed by atoms with E-state index in [4.69, 9.17) is 55.9 Å². The van der Waals surface area contributed by atoms with Gasteiger partial charge in [-0.05, 0) is 73.2 Å². The second-order valence-electron chi connectivity index (χ2n) is 15.7. The van der Waals surface area contributed by atoms with E-state index in [2.05, 4.69) is 21.3 Å². The number of halogens is 4. The van der Waals surface area contributed by atoms with Gasteiger partial charge in [-0.2, -0.15) is 0 Å². The molecule has 0 atom stereocenters. The number of nitrogens with one attached hydrogen (secondary N) is 4. The first-order chi connectivity index (χ1) is 31.2. The minimum Gasteiger partial charge on any atom is -0.496 e. The zero-order chi connectivity index (χ0) is 46.2. The molecular formula is C46H40Cl4N6O8S. The van der Waals surface area contributed by atoms with Gasteiger partial charge in [-0.15, -0.1) is 0 Å². The third kappa shape index (κ3) is 8.87. The monoisotopic (exact) mass is 976 g/mol. The standard InChI is InChI=1S/C46H40Cl4N6O8S/c1-63-31-9-5-3-7-25(31)29-23-33(39(49)37(47)27(29)11-13-35(57)55-19-15-45(16-20-55)41(59)51-43(61)53-45)65-34-24-30(26-8-4-6-10-32(26)64-2)28(38(48)40(34)50)12-14-36(58)56-21-17-46(18-22-56)42(60)52-44(62)54-46/h3-14,23-24H,15-22H2,1-2H3,(H2,51,53,59,61)(H2,52,54,60,62)/b13-11+,14-12+. The molecule has 0 bridgehead atoms. The Morgan fingerprint density at radius 1 is 0.585 bits per heavy atom. The lowest BCUT2D eigenvalue weighted by atomic mass is 9.87. The van der Waals surface area contributed by atoms with Crippen LogP contribution in [0.1, 0.15) is 36.8 Å². The van der Waals surface area contributed by atoms with E-state index < -0.39 is 35.0 Å². The Morgan fingerprint density at radius 3 is 1.29 bits per heavy atom. The molecule has 4 saturated heterocycles. The molecule has 0 saturated carbocycles. The highest BCUT2D eigenvalue weighted by molar-refractivity contribution is 7.99. The van der Waals surface area contributed by atoms with Crippen LogP contribution in [-0.4, -0.2) is 97.0 Å². The van der Waals surface area contributed by atoms with E-state index in [-0.39, 0.29) is 83.8 Å². The highest BCUT2D eigenvalue weighted by Gasteiger charge is 2.49. The van der Waals surface area contributed by atoms with Gasteiger partial charge >= 0.3 is 12.1 Å². The van der Waals surface area contributed by atoms with E-state index in [1.54, 1.807) is 48.3 Å². The first-order valence-electron chi connectivity index (χ1n) is 20.4. The van der Waals surface area contributed by atoms with Crippen molar-refractivity contribution in [3.8, 4) is 33.8 Å². The summed E-state index contributed by atoms with van der Waals surface area (Å²) in [7, 11) is 3.09. The number of amides is 8. The molecule has 4 heterocycles. The maximum atomic E-state index is 13.6. The number of methoxy groups -OCH3 is 2. The number of hydrogen-bond donors (Lipinski definition) is 4. The lowest BCUT2D eigenvalue weighted by Gasteiger charge is -2.36. The minimum absolute atomic E-state index is 0.148. The maximum absolute atomic E-state index is 13.6. The van der Waals surface area contributed by atoms with Crippen LogP contribution >= 0.6 is 58.2 Å². The average molecular weight is 979 g/mol. The minimum atomic E-state index is -1.03. The summed E-state index contributed by atoms with van der Waals surface area (Å²) in [6.07, 6.45) is 7.05. The predicted molar refractivity (Wildman–Crippen MR) is 250 cm³/mol. The van der Waals surface area contributed by atoms with E-state index >= 15 is 0 Å². The molecule has 0 aromatic heterocycles. The summed E-state index contributed by atoms with van der Waals surface area (Å²) in [6, 6.07) is 17.2. The van der Waals surface area contributed by atoms with Crippen molar-refractivity contribution >= 4 is 106 Å². The van der Waals surface area contributed by atoms with Gasteiger partial charge in [0.1, 0.15) is 22.6 Å². The number of para-hydroxylation sites is 2. The number of likely N-dealkylation sites (tertiary alicyclic amines) is 2. The normalized spacial score (nSPS) is 17.8. The van der Waals surface area contributed by atoms with Crippen molar-refractivity contribution in [2.75, 3.05) is 40.4 Å². The lowest BCUT2D eigenvalue weighted by molar-refractivity contribution is -0.132. The summed E-state index contributed by atoms with van der Waals surface area (Å²) in [5, 5.41) is 10.6. The van der Waals surface area contributed by atoms with Crippen LogP contribution in [0, 0.1) is 0 Å². The number of benzene rings is 4. The van der Waals surface area contributed by atoms with Crippen LogP contribution in [0.5, 0.6) is 11.5 Å². The van der Waals surface area contributed by atoms with E-state index in [9.17, 15) is 28.8 Å². The fourth-order valence-corrected chi connectivity index (χ4v) is 10.7. The molecule has 19 heteroatoms. The van der Waals surface area contributed by atoms with Crippen LogP contribution in [0.15, 0.2) is 82.6 Å². The predicted octanol–water partition coefficient (Wildman–Crippen LogP) is 8.23. The van der Waals surface area contributed by atoms with Crippen molar-refractivity contribution in [1.82, 2.24) is 31.1 Å². The van der Waals surface area contributed by atoms with Crippen molar-refractivity contribution in [3.63, 3.8) is 0 Å². The third-order valence-electron chi connectivity index (χ3n) is 12.1. The summed E-state index contributed by atoms with van der Waals surface area (Å²) >= 11 is 29.7. The van der Waals surface area contributed by atoms with Gasteiger partial charge in [0.2, 0.25) is 11.8 Å². The van der Waals surface area contributed by atoms with Gasteiger partial charge in [0.25, 0.3) is 11.8 Å². The first-order valence-corrected chi connectivity index (χ1v) is 22.7. The molecule has 2 spiro atoms. The van der Waals surface area contributed by atoms with Gasteiger partial charge in [0.05, 0.1) is 34.3 Å². The zero-order valence-corrected chi connectivity index (χ0v) is 38.7. The summed E-state index contributed by atoms with van der Waals surface area (Å²) < 4.78 is 11.5. The molecule has 4 aromatic carbocycles. The highest BCUT2D eigenvalue weighted by atomic mass is 35.5. The molecule has 4 aromatic rings. The topological polar surface area (TPSA) is 175 Å². The molecule has 0 radical (unpaired) electrons. The van der Waals surface area contributed by atoms with Gasteiger partial charge in [0, 0.05) is 70.4 Å². The summed E-state index contributed by atoms with van der Waals surface area (Å²) in [5.41, 5.74) is 1.33. The molecule has 4 aliphatic rings. The van der Waals surface area contributed by atoms with Gasteiger partial charge < -0.3 is 29.9 Å². The number of nitrogens with zero attached hydrogens (tertiary/aromatic N) is 2. The fraction of sp³-hybridized carbons (Fsp3) is 0.261. The Balaban J connectivity index is 1.13. The van der Waals surface area contributed by atoms with Crippen LogP contribution in [0.3, 0.4) is 0 Å². The fourth-order valence-electron chi connectivity index (χ4n) is 8.50. The summed E-state index contributed by atoms with van der Waals surface area (Å²) in [4.78, 5) is 80.0. The Morgan fingerprint density at radius 2 is 0.954 bits per heavy atom. The van der Waals surface area contributed by atoms with Crippen LogP contribution in [0.25, 0.3) is 34.4 Å². The molecule has 0 unspecified atom stereocenters. The summed E-state index contributed by atoms with van der Waals surface area (Å²) in [5.74, 6) is -0.361. The lowest BCUT2D eigenvalue weighted by Crippen LogP contribution is -2.55. The van der Waals surface area contributed by atoms with Crippen molar-refractivity contribution in [1.29, 1.82) is 0 Å². The number of piperidine rings is 2. The molecule has 4 aliphatic heterocycles. The average Bonchev–Trinajstić information content (AvgIpc) is 3.74. The number of hydrogen-bond acceptors (Lipinski definition) is 9. The Kier molecular flexibility index (Phi) is 13.2. The van der Waals surface area contributed by atoms with E-state index in [1.165, 1.54) is 23.9 Å². The van der Waals surface area contributed by atoms with Crippen LogP contribution < -0.4 is 30.7 Å². The molecule has 336 valence electrons. The van der Waals surface area contributed by atoms with E-state index in [0.717, 1.165) is 0 Å². The zero-order valence-electron chi connectivity index (χ0n) is 34.8. The first kappa shape index (κ1) is 45.8. The molecular weight excluding hydrogens is 938 g/mol. The molecule has 8 rings (SSSR count). The second-order valence-corrected chi connectivity index (χ2v) is 18.3. The molecule has 0 aliphatic carbocycles. The van der Waals surface area contributed by atoms with Gasteiger partial charge in [-0.1, -0.05) is 94.6 Å². The smallest absolute Gasteiger partial charge is 0.322 e. The van der Waals surface area contributed by atoms with Crippen molar-refractivity contribution in [3.05, 3.63) is 104 Å². The van der Waals surface area contributed by atoms with Crippen LogP contribution in [0.2, 0.25) is 20.1 Å². The number of carbonyl (C=O) groups is 6. The number of rotatable bonds is 10. The van der Waals surface area contributed by atoms with E-state index in [0.29, 0.717) is 54.7 Å². The Labute approximate surface area is 397 Å². The second kappa shape index (κ2) is 18.6. The van der Waals surface area contributed by atoms with E-state index in [1.807, 2.05) is 48.5 Å². The molecule has 65 heavy (non-hydrogen) atoms. The largest absolute Gasteiger partial charge is 0.496 e. The number of ether oxygens (including phenoxy) is 2. The Bertz CT molecular complexity index is 2550. The molecule has 4 fully saturated rings. The summed E-state index contributed by atoms with van der Waals surface area (Å²) in [6.45, 7) is 0.975. The van der Waals surface area contributed by atoms with Crippen LogP contribution in [0.4, 0.5) is 9.59 Å². The van der Waals surface area contributed by atoms with Gasteiger partial charge in [-0.25, -0.2) is 9.59 Å². The molecule has 8 amide bonds. The molecule has 14 nitrogen and oxygen atoms in total. The highest BCUT2D eigenvalue weighted by Crippen LogP contribution is 2.50. The third-order valence-corrected chi connectivity index (χ3v) is 15.2. The number of imide groups is 2. The quantitative estimate of drug-likeness (QED) is 0.0902. The Hall–Kier alpha value is -5.71. The SMILES string of the molecule is COc1ccccc1-c1cc(Sc2cc(-c3ccccc3OC)c(/C=C/C(=O)N3CCC4(CC3)NC(=O)NC4=O)c(Cl)c2Cl)c(Cl)c(Cl)c1/C=C/C(=O)N1CCC2(CC1)NC(=O)NC2=O. The van der Waals surface area contributed by atoms with Crippen LogP contribution in [-0.2, 0) is 19.2 Å². The number of carbonyl (C=O) groups excluding carboxylic acids is 6. The number of urea groups is 2. The van der Waals surface area contributed by atoms with Crippen molar-refractivity contribution < 1.29 is 38.2 Å².